The van der Waals surface area contributed by atoms with Crippen molar-refractivity contribution in [2.24, 2.45) is 0 Å². The molecule has 7 heteroatoms. The number of amides is 1. The predicted octanol–water partition coefficient (Wildman–Crippen LogP) is 4.74. The normalized spacial score (nSPS) is 17.9. The molecule has 1 fully saturated rings. The maximum absolute atomic E-state index is 13.1. The largest absolute Gasteiger partial charge is 0.507 e. The number of aliphatic hydroxyl groups excluding tert-OH is 1. The van der Waals surface area contributed by atoms with Crippen LogP contribution in [0.5, 0.6) is 5.75 Å². The number of ketones is 1. The Labute approximate surface area is 185 Å². The molecule has 1 aliphatic rings. The molecule has 0 saturated carbocycles. The molecule has 1 N–H and O–H groups in total. The Hall–Kier alpha value is -3.87. The fourth-order valence-corrected chi connectivity index (χ4v) is 3.82. The predicted molar refractivity (Wildman–Crippen MR) is 120 cm³/mol. The van der Waals surface area contributed by atoms with Crippen LogP contribution < -0.4 is 9.64 Å². The molecule has 1 atom stereocenters. The van der Waals surface area contributed by atoms with Crippen molar-refractivity contribution in [3.05, 3.63) is 82.6 Å². The second-order valence-electron chi connectivity index (χ2n) is 8.01. The zero-order chi connectivity index (χ0) is 23.0. The Morgan fingerprint density at radius 2 is 1.75 bits per heavy atom. The summed E-state index contributed by atoms with van der Waals surface area (Å²) in [5.41, 5.74) is 2.21. The number of aryl methyl sites for hydroxylation is 1. The molecule has 4 rings (SSSR count). The van der Waals surface area contributed by atoms with Gasteiger partial charge in [-0.2, -0.15) is 0 Å². The zero-order valence-corrected chi connectivity index (χ0v) is 18.3. The average molecular weight is 432 g/mol. The summed E-state index contributed by atoms with van der Waals surface area (Å²) in [6.45, 7) is 5.88. The van der Waals surface area contributed by atoms with Gasteiger partial charge in [0.2, 0.25) is 0 Å². The summed E-state index contributed by atoms with van der Waals surface area (Å²) in [4.78, 5) is 27.4. The third-order valence-electron chi connectivity index (χ3n) is 5.59. The van der Waals surface area contributed by atoms with Gasteiger partial charge in [-0.3, -0.25) is 14.5 Å². The highest BCUT2D eigenvalue weighted by molar-refractivity contribution is 6.51. The topological polar surface area (TPSA) is 92.9 Å². The molecule has 32 heavy (non-hydrogen) atoms. The van der Waals surface area contributed by atoms with E-state index >= 15 is 0 Å². The molecule has 164 valence electrons. The van der Waals surface area contributed by atoms with Gasteiger partial charge in [0.1, 0.15) is 17.3 Å². The summed E-state index contributed by atoms with van der Waals surface area (Å²) in [7, 11) is 1.54. The van der Waals surface area contributed by atoms with Gasteiger partial charge in [-0.05, 0) is 48.2 Å². The van der Waals surface area contributed by atoms with Crippen LogP contribution in [0.25, 0.3) is 5.76 Å². The van der Waals surface area contributed by atoms with Crippen LogP contribution in [0.4, 0.5) is 5.82 Å². The molecule has 0 aliphatic carbocycles. The smallest absolute Gasteiger partial charge is 0.301 e. The molecule has 0 bridgehead atoms. The first-order valence-corrected chi connectivity index (χ1v) is 10.3. The van der Waals surface area contributed by atoms with E-state index in [-0.39, 0.29) is 17.2 Å². The Morgan fingerprint density at radius 1 is 1.09 bits per heavy atom. The number of methoxy groups -OCH3 is 1. The number of hydrogen-bond donors (Lipinski definition) is 1. The number of rotatable bonds is 5. The molecular formula is C25H24N2O5. The van der Waals surface area contributed by atoms with Crippen LogP contribution in [-0.2, 0) is 9.59 Å². The van der Waals surface area contributed by atoms with E-state index in [0.29, 0.717) is 28.6 Å². The second-order valence-corrected chi connectivity index (χ2v) is 8.01. The highest BCUT2D eigenvalue weighted by Gasteiger charge is 2.48. The monoisotopic (exact) mass is 432 g/mol. The Kier molecular flexibility index (Phi) is 5.57. The summed E-state index contributed by atoms with van der Waals surface area (Å²) in [6, 6.07) is 15.0. The summed E-state index contributed by atoms with van der Waals surface area (Å²) in [6.07, 6.45) is 0. The lowest BCUT2D eigenvalue weighted by molar-refractivity contribution is -0.132. The van der Waals surface area contributed by atoms with E-state index in [9.17, 15) is 14.7 Å². The molecule has 7 nitrogen and oxygen atoms in total. The number of benzene rings is 2. The molecule has 3 aromatic rings. The molecule has 1 amide bonds. The molecule has 1 saturated heterocycles. The number of ether oxygens (including phenoxy) is 1. The van der Waals surface area contributed by atoms with E-state index < -0.39 is 17.7 Å². The second kappa shape index (κ2) is 8.34. The third kappa shape index (κ3) is 3.66. The van der Waals surface area contributed by atoms with Gasteiger partial charge in [0.15, 0.2) is 5.82 Å². The quantitative estimate of drug-likeness (QED) is 0.356. The van der Waals surface area contributed by atoms with Crippen molar-refractivity contribution in [2.75, 3.05) is 12.0 Å². The number of carbonyl (C=O) groups excluding carboxylic acids is 2. The first-order valence-electron chi connectivity index (χ1n) is 10.3. The van der Waals surface area contributed by atoms with Crippen molar-refractivity contribution >= 4 is 23.3 Å². The van der Waals surface area contributed by atoms with Gasteiger partial charge < -0.3 is 14.4 Å². The van der Waals surface area contributed by atoms with Gasteiger partial charge >= 0.3 is 5.91 Å². The fraction of sp³-hybridized carbons (Fsp3) is 0.240. The highest BCUT2D eigenvalue weighted by atomic mass is 16.5. The lowest BCUT2D eigenvalue weighted by Gasteiger charge is -2.23. The van der Waals surface area contributed by atoms with Crippen molar-refractivity contribution in [1.29, 1.82) is 0 Å². The summed E-state index contributed by atoms with van der Waals surface area (Å²) in [5, 5.41) is 15.1. The van der Waals surface area contributed by atoms with Crippen molar-refractivity contribution in [3.63, 3.8) is 0 Å². The SMILES string of the molecule is COc1ccc(/C(O)=C2\C(=O)C(=O)N(c3cc(C)on3)[C@H]2c2ccc(C(C)C)cc2)cc1. The third-order valence-corrected chi connectivity index (χ3v) is 5.59. The maximum atomic E-state index is 13.1. The van der Waals surface area contributed by atoms with Crippen molar-refractivity contribution in [3.8, 4) is 5.75 Å². The molecule has 1 aliphatic heterocycles. The van der Waals surface area contributed by atoms with E-state index in [1.54, 1.807) is 44.4 Å². The molecule has 2 heterocycles. The Morgan fingerprint density at radius 3 is 2.28 bits per heavy atom. The number of hydrogen-bond acceptors (Lipinski definition) is 6. The Bertz CT molecular complexity index is 1190. The van der Waals surface area contributed by atoms with Crippen LogP contribution in [0.2, 0.25) is 0 Å². The van der Waals surface area contributed by atoms with Crippen LogP contribution in [0.1, 0.15) is 48.3 Å². The first kappa shape index (κ1) is 21.4. The minimum atomic E-state index is -0.845. The van der Waals surface area contributed by atoms with Gasteiger partial charge in [-0.25, -0.2) is 0 Å². The van der Waals surface area contributed by atoms with E-state index in [4.69, 9.17) is 9.26 Å². The number of carbonyl (C=O) groups is 2. The van der Waals surface area contributed by atoms with Gasteiger partial charge in [0.05, 0.1) is 18.7 Å². The van der Waals surface area contributed by atoms with Crippen LogP contribution in [-0.4, -0.2) is 29.1 Å². The summed E-state index contributed by atoms with van der Waals surface area (Å²) >= 11 is 0. The maximum Gasteiger partial charge on any atom is 0.301 e. The molecule has 1 aromatic heterocycles. The Balaban J connectivity index is 1.89. The first-order chi connectivity index (χ1) is 15.3. The summed E-state index contributed by atoms with van der Waals surface area (Å²) in [5.74, 6) is -0.147. The van der Waals surface area contributed by atoms with Gasteiger partial charge in [0, 0.05) is 11.6 Å². The van der Waals surface area contributed by atoms with Crippen LogP contribution in [0.15, 0.2) is 64.7 Å². The summed E-state index contributed by atoms with van der Waals surface area (Å²) < 4.78 is 10.3. The minimum Gasteiger partial charge on any atom is -0.507 e. The van der Waals surface area contributed by atoms with Crippen molar-refractivity contribution in [1.82, 2.24) is 5.16 Å². The number of aromatic nitrogens is 1. The lowest BCUT2D eigenvalue weighted by atomic mass is 9.93. The van der Waals surface area contributed by atoms with Gasteiger partial charge in [-0.1, -0.05) is 43.3 Å². The fourth-order valence-electron chi connectivity index (χ4n) is 3.82. The van der Waals surface area contributed by atoms with Crippen molar-refractivity contribution < 1.29 is 24.0 Å². The number of Topliss-reactive ketones (excluding diaryl/α,β-unsaturated/α-hetero) is 1. The molecule has 0 unspecified atom stereocenters. The highest BCUT2D eigenvalue weighted by Crippen LogP contribution is 2.42. The van der Waals surface area contributed by atoms with Crippen LogP contribution in [0, 0.1) is 6.92 Å². The van der Waals surface area contributed by atoms with Crippen molar-refractivity contribution in [2.45, 2.75) is 32.7 Å². The number of anilines is 1. The molecule has 2 aromatic carbocycles. The number of aliphatic hydroxyl groups is 1. The molecule has 0 radical (unpaired) electrons. The van der Waals surface area contributed by atoms with E-state index in [2.05, 4.69) is 19.0 Å². The lowest BCUT2D eigenvalue weighted by Crippen LogP contribution is -2.29. The number of nitrogens with zero attached hydrogens (tertiary/aromatic N) is 2. The van der Waals surface area contributed by atoms with Crippen LogP contribution >= 0.6 is 0 Å². The van der Waals surface area contributed by atoms with Crippen LogP contribution in [0.3, 0.4) is 0 Å². The molecule has 0 spiro atoms. The van der Waals surface area contributed by atoms with Gasteiger partial charge in [-0.15, -0.1) is 0 Å². The van der Waals surface area contributed by atoms with E-state index in [0.717, 1.165) is 5.56 Å². The zero-order valence-electron chi connectivity index (χ0n) is 18.3. The molecular weight excluding hydrogens is 408 g/mol. The van der Waals surface area contributed by atoms with E-state index in [1.807, 2.05) is 24.3 Å². The standard InChI is InChI=1S/C25H24N2O5/c1-14(2)16-5-7-17(8-6-16)22-21(23(28)18-9-11-19(31-4)12-10-18)24(29)25(30)27(22)20-13-15(3)32-26-20/h5-14,22,28H,1-4H3/b23-21+/t22-/m0/s1. The average Bonchev–Trinajstić information content (AvgIpc) is 3.34. The minimum absolute atomic E-state index is 0.00174. The van der Waals surface area contributed by atoms with E-state index in [1.165, 1.54) is 4.90 Å². The van der Waals surface area contributed by atoms with Gasteiger partial charge in [0.25, 0.3) is 5.78 Å².